The van der Waals surface area contributed by atoms with Gasteiger partial charge in [-0.1, -0.05) is 192 Å². The highest BCUT2D eigenvalue weighted by atomic mass is 16.5. The molecule has 55 heavy (non-hydrogen) atoms. The van der Waals surface area contributed by atoms with Crippen molar-refractivity contribution in [2.45, 2.75) is 251 Å². The molecule has 0 aliphatic carbocycles. The van der Waals surface area contributed by atoms with Gasteiger partial charge in [0.15, 0.2) is 0 Å². The molecule has 0 saturated heterocycles. The lowest BCUT2D eigenvalue weighted by Gasteiger charge is -2.20. The maximum absolute atomic E-state index is 12.3. The number of hydrogen-bond donors (Lipinski definition) is 3. The van der Waals surface area contributed by atoms with E-state index >= 15 is 0 Å². The number of esters is 1. The van der Waals surface area contributed by atoms with Crippen LogP contribution in [0.25, 0.3) is 0 Å². The summed E-state index contributed by atoms with van der Waals surface area (Å²) in [7, 11) is 0. The van der Waals surface area contributed by atoms with E-state index in [1.165, 1.54) is 128 Å². The van der Waals surface area contributed by atoms with Crippen LogP contribution in [0.1, 0.15) is 239 Å². The highest BCUT2D eigenvalue weighted by molar-refractivity contribution is 5.76. The van der Waals surface area contributed by atoms with Gasteiger partial charge in [0.05, 0.1) is 25.4 Å². The highest BCUT2D eigenvalue weighted by Gasteiger charge is 2.18. The summed E-state index contributed by atoms with van der Waals surface area (Å²) in [6, 6.07) is -0.637. The van der Waals surface area contributed by atoms with Gasteiger partial charge in [-0.15, -0.1) is 0 Å². The van der Waals surface area contributed by atoms with Crippen LogP contribution in [0.4, 0.5) is 0 Å². The summed E-state index contributed by atoms with van der Waals surface area (Å²) in [6.45, 7) is 4.81. The number of aliphatic hydroxyl groups is 2. The van der Waals surface area contributed by atoms with Gasteiger partial charge in [-0.25, -0.2) is 0 Å². The summed E-state index contributed by atoms with van der Waals surface area (Å²) in [4.78, 5) is 24.3. The van der Waals surface area contributed by atoms with Crippen LogP contribution in [0.3, 0.4) is 0 Å². The average molecular weight is 774 g/mol. The van der Waals surface area contributed by atoms with E-state index in [-0.39, 0.29) is 18.5 Å². The molecule has 0 bridgehead atoms. The molecule has 6 heteroatoms. The van der Waals surface area contributed by atoms with Crippen molar-refractivity contribution in [1.82, 2.24) is 5.32 Å². The van der Waals surface area contributed by atoms with Crippen LogP contribution in [0.2, 0.25) is 0 Å². The van der Waals surface area contributed by atoms with Crippen LogP contribution in [0.5, 0.6) is 0 Å². The molecule has 322 valence electrons. The molecule has 1 amide bonds. The Bertz CT molecular complexity index is 900. The molecule has 0 fully saturated rings. The zero-order valence-corrected chi connectivity index (χ0v) is 36.4. The van der Waals surface area contributed by atoms with Gasteiger partial charge in [-0.3, -0.25) is 9.59 Å². The van der Waals surface area contributed by atoms with E-state index in [1.54, 1.807) is 6.08 Å². The Morgan fingerprint density at radius 3 is 1.38 bits per heavy atom. The van der Waals surface area contributed by atoms with Gasteiger partial charge >= 0.3 is 5.97 Å². The number of ether oxygens (including phenoxy) is 1. The lowest BCUT2D eigenvalue weighted by Crippen LogP contribution is -2.45. The Morgan fingerprint density at radius 2 is 0.909 bits per heavy atom. The predicted octanol–water partition coefficient (Wildman–Crippen LogP) is 13.7. The minimum absolute atomic E-state index is 0.0169. The number of unbranched alkanes of at least 4 members (excludes halogenated alkanes) is 28. The zero-order valence-electron chi connectivity index (χ0n) is 36.4. The summed E-state index contributed by atoms with van der Waals surface area (Å²) in [6.07, 6.45) is 52.9. The Morgan fingerprint density at radius 1 is 0.509 bits per heavy atom. The quantitative estimate of drug-likeness (QED) is 0.0326. The first-order valence-corrected chi connectivity index (χ1v) is 23.8. The zero-order chi connectivity index (χ0) is 40.1. The van der Waals surface area contributed by atoms with Gasteiger partial charge in [-0.2, -0.15) is 0 Å². The second-order valence-corrected chi connectivity index (χ2v) is 16.1. The molecule has 0 rings (SSSR count). The third-order valence-corrected chi connectivity index (χ3v) is 10.7. The summed E-state index contributed by atoms with van der Waals surface area (Å²) in [5.41, 5.74) is 0. The van der Waals surface area contributed by atoms with Gasteiger partial charge < -0.3 is 20.3 Å². The Hall–Kier alpha value is -1.92. The summed E-state index contributed by atoms with van der Waals surface area (Å²) >= 11 is 0. The Kier molecular flexibility index (Phi) is 43.2. The lowest BCUT2D eigenvalue weighted by atomic mass is 10.0. The normalized spacial score (nSPS) is 13.0. The minimum atomic E-state index is -0.852. The minimum Gasteiger partial charge on any atom is -0.466 e. The average Bonchev–Trinajstić information content (AvgIpc) is 3.18. The fourth-order valence-corrected chi connectivity index (χ4v) is 6.95. The Balaban J connectivity index is 3.52. The number of carbonyl (C=O) groups excluding carboxylic acids is 2. The maximum atomic E-state index is 12.3. The molecule has 6 nitrogen and oxygen atoms in total. The third kappa shape index (κ3) is 41.5. The molecular weight excluding hydrogens is 683 g/mol. The van der Waals surface area contributed by atoms with Crippen molar-refractivity contribution in [3.63, 3.8) is 0 Å². The molecule has 0 saturated carbocycles. The fraction of sp³-hybridized carbons (Fsp3) is 0.837. The molecule has 2 unspecified atom stereocenters. The second-order valence-electron chi connectivity index (χ2n) is 16.1. The third-order valence-electron chi connectivity index (χ3n) is 10.7. The first kappa shape index (κ1) is 53.1. The molecule has 0 aromatic heterocycles. The van der Waals surface area contributed by atoms with Crippen LogP contribution >= 0.6 is 0 Å². The number of rotatable bonds is 43. The van der Waals surface area contributed by atoms with E-state index in [4.69, 9.17) is 4.74 Å². The molecule has 3 N–H and O–H groups in total. The van der Waals surface area contributed by atoms with Crippen LogP contribution < -0.4 is 5.32 Å². The van der Waals surface area contributed by atoms with Crippen molar-refractivity contribution in [2.24, 2.45) is 0 Å². The summed E-state index contributed by atoms with van der Waals surface area (Å²) in [5, 5.41) is 22.8. The van der Waals surface area contributed by atoms with Gasteiger partial charge in [0.2, 0.25) is 5.91 Å². The molecule has 0 radical (unpaired) electrons. The molecule has 0 heterocycles. The molecule has 0 aromatic rings. The van der Waals surface area contributed by atoms with Crippen molar-refractivity contribution in [3.05, 3.63) is 36.5 Å². The molecule has 2 atom stereocenters. The second kappa shape index (κ2) is 44.8. The molecule has 0 aliphatic heterocycles. The number of hydrogen-bond acceptors (Lipinski definition) is 5. The smallest absolute Gasteiger partial charge is 0.305 e. The highest BCUT2D eigenvalue weighted by Crippen LogP contribution is 2.14. The maximum Gasteiger partial charge on any atom is 0.305 e. The molecular formula is C49H91NO5. The topological polar surface area (TPSA) is 95.9 Å². The van der Waals surface area contributed by atoms with Gasteiger partial charge in [-0.05, 0) is 70.6 Å². The molecule has 0 aromatic carbocycles. The van der Waals surface area contributed by atoms with Gasteiger partial charge in [0, 0.05) is 12.8 Å². The predicted molar refractivity (Wildman–Crippen MR) is 236 cm³/mol. The number of nitrogens with one attached hydrogen (secondary N) is 1. The number of aliphatic hydroxyl groups excluding tert-OH is 2. The van der Waals surface area contributed by atoms with E-state index in [1.807, 2.05) is 6.08 Å². The molecule has 0 aliphatic rings. The monoisotopic (exact) mass is 774 g/mol. The number of carbonyl (C=O) groups is 2. The molecule has 0 spiro atoms. The number of allylic oxidation sites excluding steroid dienone is 5. The standard InChI is InChI=1S/C49H91NO5/c1-3-5-7-9-11-13-14-23-27-31-35-39-43-49(54)55-44-40-36-32-28-24-21-19-17-15-16-18-20-22-26-30-34-38-42-48(53)50-46(45-51)47(52)41-37-33-29-25-12-10-8-6-4-2/h15,17,21,24,37,41,46-47,51-52H,3-14,16,18-20,22-23,25-36,38-40,42-45H2,1-2H3,(H,50,53)/b17-15-,24-21-,41-37+. The lowest BCUT2D eigenvalue weighted by molar-refractivity contribution is -0.143. The van der Waals surface area contributed by atoms with E-state index in [9.17, 15) is 19.8 Å². The fourth-order valence-electron chi connectivity index (χ4n) is 6.95. The van der Waals surface area contributed by atoms with E-state index < -0.39 is 12.1 Å². The summed E-state index contributed by atoms with van der Waals surface area (Å²) in [5.74, 6) is -0.105. The SMILES string of the molecule is CCCCCCCCC/C=C/C(O)C(CO)NC(=O)CCCCCCCCC/C=C\C/C=C\CCCCCOC(=O)CCCCCCCCCCCCCC. The van der Waals surface area contributed by atoms with E-state index in [0.717, 1.165) is 83.5 Å². The van der Waals surface area contributed by atoms with Crippen LogP contribution in [0.15, 0.2) is 36.5 Å². The first-order valence-electron chi connectivity index (χ1n) is 23.8. The summed E-state index contributed by atoms with van der Waals surface area (Å²) < 4.78 is 5.43. The van der Waals surface area contributed by atoms with Crippen LogP contribution in [0, 0.1) is 0 Å². The first-order chi connectivity index (χ1) is 27.0. The van der Waals surface area contributed by atoms with Crippen LogP contribution in [-0.2, 0) is 14.3 Å². The van der Waals surface area contributed by atoms with Crippen molar-refractivity contribution in [1.29, 1.82) is 0 Å². The van der Waals surface area contributed by atoms with Crippen molar-refractivity contribution in [2.75, 3.05) is 13.2 Å². The van der Waals surface area contributed by atoms with E-state index in [2.05, 4.69) is 43.5 Å². The van der Waals surface area contributed by atoms with Gasteiger partial charge in [0.1, 0.15) is 0 Å². The van der Waals surface area contributed by atoms with Crippen molar-refractivity contribution >= 4 is 11.9 Å². The largest absolute Gasteiger partial charge is 0.466 e. The van der Waals surface area contributed by atoms with Crippen LogP contribution in [-0.4, -0.2) is 47.4 Å². The number of amides is 1. The van der Waals surface area contributed by atoms with Crippen molar-refractivity contribution in [3.8, 4) is 0 Å². The van der Waals surface area contributed by atoms with Gasteiger partial charge in [0.25, 0.3) is 0 Å². The van der Waals surface area contributed by atoms with Crippen molar-refractivity contribution < 1.29 is 24.5 Å². The Labute approximate surface area is 341 Å². The van der Waals surface area contributed by atoms with E-state index in [0.29, 0.717) is 19.4 Å².